The largest absolute Gasteiger partial charge is 0.454 e. The molecule has 1 aromatic rings. The Balaban J connectivity index is 1.76. The molecule has 1 aliphatic carbocycles. The van der Waals surface area contributed by atoms with Crippen LogP contribution < -0.4 is 9.47 Å². The Bertz CT molecular complexity index is 454. The van der Waals surface area contributed by atoms with E-state index in [4.69, 9.17) is 9.47 Å². The van der Waals surface area contributed by atoms with E-state index in [-0.39, 0.29) is 12.7 Å². The second-order valence-electron chi connectivity index (χ2n) is 4.70. The first-order valence-corrected chi connectivity index (χ1v) is 5.89. The molecule has 0 atom stereocenters. The fourth-order valence-electron chi connectivity index (χ4n) is 2.02. The minimum atomic E-state index is 0.0511. The summed E-state index contributed by atoms with van der Waals surface area (Å²) >= 11 is 0. The number of carbonyl (C=O) groups is 1. The minimum Gasteiger partial charge on any atom is -0.454 e. The second kappa shape index (κ2) is 3.95. The number of ether oxygens (including phenoxy) is 2. The number of hydrogen-bond acceptors (Lipinski definition) is 3. The van der Waals surface area contributed by atoms with Gasteiger partial charge in [-0.25, -0.2) is 0 Å². The number of carbonyl (C=O) groups excluding carboxylic acids is 1. The Morgan fingerprint density at radius 2 is 2.12 bits per heavy atom. The van der Waals surface area contributed by atoms with E-state index in [9.17, 15) is 4.79 Å². The van der Waals surface area contributed by atoms with Crippen molar-refractivity contribution >= 4 is 5.91 Å². The highest BCUT2D eigenvalue weighted by Gasteiger charge is 2.26. The lowest BCUT2D eigenvalue weighted by atomic mass is 10.1. The molecule has 0 bridgehead atoms. The van der Waals surface area contributed by atoms with Crippen molar-refractivity contribution in [3.63, 3.8) is 0 Å². The van der Waals surface area contributed by atoms with E-state index in [1.54, 1.807) is 23.1 Å². The van der Waals surface area contributed by atoms with Crippen molar-refractivity contribution in [1.82, 2.24) is 4.90 Å². The van der Waals surface area contributed by atoms with Crippen molar-refractivity contribution in [1.29, 1.82) is 0 Å². The molecule has 0 aromatic heterocycles. The molecular weight excluding hydrogens is 218 g/mol. The lowest BCUT2D eigenvalue weighted by Gasteiger charge is -2.16. The number of benzene rings is 1. The first kappa shape index (κ1) is 10.4. The Labute approximate surface area is 100 Å². The maximum Gasteiger partial charge on any atom is 0.253 e. The highest BCUT2D eigenvalue weighted by molar-refractivity contribution is 5.94. The van der Waals surface area contributed by atoms with Crippen LogP contribution in [-0.4, -0.2) is 31.2 Å². The third-order valence-corrected chi connectivity index (χ3v) is 3.20. The van der Waals surface area contributed by atoms with E-state index in [2.05, 4.69) is 0 Å². The van der Waals surface area contributed by atoms with Crippen LogP contribution in [0, 0.1) is 5.92 Å². The topological polar surface area (TPSA) is 38.8 Å². The van der Waals surface area contributed by atoms with Crippen LogP contribution >= 0.6 is 0 Å². The van der Waals surface area contributed by atoms with Crippen LogP contribution in [0.3, 0.4) is 0 Å². The highest BCUT2D eigenvalue weighted by Crippen LogP contribution is 2.33. The van der Waals surface area contributed by atoms with Gasteiger partial charge in [0.2, 0.25) is 6.79 Å². The molecule has 1 fully saturated rings. The molecule has 0 unspecified atom stereocenters. The first-order valence-electron chi connectivity index (χ1n) is 5.89. The van der Waals surface area contributed by atoms with Crippen molar-refractivity contribution in [2.75, 3.05) is 20.4 Å². The summed E-state index contributed by atoms with van der Waals surface area (Å²) in [5.41, 5.74) is 0.664. The first-order chi connectivity index (χ1) is 8.24. The van der Waals surface area contributed by atoms with Gasteiger partial charge in [-0.1, -0.05) is 0 Å². The summed E-state index contributed by atoms with van der Waals surface area (Å²) in [7, 11) is 1.85. The molecule has 1 aromatic carbocycles. The SMILES string of the molecule is CN(CC1CC1)C(=O)c1ccc2c(c1)OCO2. The van der Waals surface area contributed by atoms with Crippen LogP contribution in [0.5, 0.6) is 11.5 Å². The molecule has 90 valence electrons. The summed E-state index contributed by atoms with van der Waals surface area (Å²) in [5, 5.41) is 0. The summed E-state index contributed by atoms with van der Waals surface area (Å²) < 4.78 is 10.5. The predicted molar refractivity (Wildman–Crippen MR) is 62.2 cm³/mol. The fourth-order valence-corrected chi connectivity index (χ4v) is 2.02. The van der Waals surface area contributed by atoms with Gasteiger partial charge in [-0.3, -0.25) is 4.79 Å². The van der Waals surface area contributed by atoms with Gasteiger partial charge in [0, 0.05) is 19.2 Å². The third-order valence-electron chi connectivity index (χ3n) is 3.20. The summed E-state index contributed by atoms with van der Waals surface area (Å²) in [6.07, 6.45) is 2.50. The van der Waals surface area contributed by atoms with Crippen LogP contribution in [0.4, 0.5) is 0 Å². The van der Waals surface area contributed by atoms with Crippen LogP contribution in [0.2, 0.25) is 0 Å². The molecule has 17 heavy (non-hydrogen) atoms. The number of nitrogens with zero attached hydrogens (tertiary/aromatic N) is 1. The van der Waals surface area contributed by atoms with Gasteiger partial charge >= 0.3 is 0 Å². The normalized spacial score (nSPS) is 17.0. The molecule has 0 saturated heterocycles. The lowest BCUT2D eigenvalue weighted by Crippen LogP contribution is -2.28. The summed E-state index contributed by atoms with van der Waals surface area (Å²) in [6, 6.07) is 5.34. The van der Waals surface area contributed by atoms with Crippen LogP contribution in [-0.2, 0) is 0 Å². The maximum absolute atomic E-state index is 12.1. The second-order valence-corrected chi connectivity index (χ2v) is 4.70. The molecule has 1 aliphatic heterocycles. The molecule has 4 nitrogen and oxygen atoms in total. The monoisotopic (exact) mass is 233 g/mol. The Hall–Kier alpha value is -1.71. The van der Waals surface area contributed by atoms with E-state index in [0.29, 0.717) is 23.0 Å². The lowest BCUT2D eigenvalue weighted by molar-refractivity contribution is 0.0788. The minimum absolute atomic E-state index is 0.0511. The smallest absolute Gasteiger partial charge is 0.253 e. The highest BCUT2D eigenvalue weighted by atomic mass is 16.7. The van der Waals surface area contributed by atoms with Crippen molar-refractivity contribution in [2.45, 2.75) is 12.8 Å². The summed E-state index contributed by atoms with van der Waals surface area (Å²) in [5.74, 6) is 2.13. The van der Waals surface area contributed by atoms with Crippen LogP contribution in [0.1, 0.15) is 23.2 Å². The number of hydrogen-bond donors (Lipinski definition) is 0. The van der Waals surface area contributed by atoms with Gasteiger partial charge < -0.3 is 14.4 Å². The fraction of sp³-hybridized carbons (Fsp3) is 0.462. The van der Waals surface area contributed by atoms with Gasteiger partial charge in [0.1, 0.15) is 0 Å². The molecular formula is C13H15NO3. The van der Waals surface area contributed by atoms with Crippen molar-refractivity contribution in [3.8, 4) is 11.5 Å². The molecule has 0 radical (unpaired) electrons. The maximum atomic E-state index is 12.1. The van der Waals surface area contributed by atoms with Crippen LogP contribution in [0.15, 0.2) is 18.2 Å². The molecule has 1 saturated carbocycles. The summed E-state index contributed by atoms with van der Waals surface area (Å²) in [4.78, 5) is 13.9. The quantitative estimate of drug-likeness (QED) is 0.800. The summed E-state index contributed by atoms with van der Waals surface area (Å²) in [6.45, 7) is 1.10. The van der Waals surface area contributed by atoms with Gasteiger partial charge in [0.15, 0.2) is 11.5 Å². The standard InChI is InChI=1S/C13H15NO3/c1-14(7-9-2-3-9)13(15)10-4-5-11-12(6-10)17-8-16-11/h4-6,9H,2-3,7-8H2,1H3. The van der Waals surface area contributed by atoms with Gasteiger partial charge in [-0.2, -0.15) is 0 Å². The van der Waals surface area contributed by atoms with E-state index < -0.39 is 0 Å². The van der Waals surface area contributed by atoms with E-state index >= 15 is 0 Å². The molecule has 0 spiro atoms. The molecule has 1 amide bonds. The average molecular weight is 233 g/mol. The Morgan fingerprint density at radius 3 is 2.88 bits per heavy atom. The van der Waals surface area contributed by atoms with E-state index in [1.165, 1.54) is 12.8 Å². The predicted octanol–water partition coefficient (Wildman–Crippen LogP) is 1.90. The number of fused-ring (bicyclic) bond motifs is 1. The number of amides is 1. The van der Waals surface area contributed by atoms with Crippen molar-refractivity contribution < 1.29 is 14.3 Å². The van der Waals surface area contributed by atoms with E-state index in [1.807, 2.05) is 7.05 Å². The van der Waals surface area contributed by atoms with Gasteiger partial charge in [0.05, 0.1) is 0 Å². The molecule has 4 heteroatoms. The third kappa shape index (κ3) is 2.07. The average Bonchev–Trinajstić information content (AvgIpc) is 3.02. The molecule has 1 heterocycles. The van der Waals surface area contributed by atoms with Gasteiger partial charge in [-0.15, -0.1) is 0 Å². The zero-order valence-electron chi connectivity index (χ0n) is 9.81. The van der Waals surface area contributed by atoms with Crippen molar-refractivity contribution in [3.05, 3.63) is 23.8 Å². The zero-order valence-corrected chi connectivity index (χ0v) is 9.81. The molecule has 0 N–H and O–H groups in total. The molecule has 2 aliphatic rings. The van der Waals surface area contributed by atoms with Crippen molar-refractivity contribution in [2.24, 2.45) is 5.92 Å². The van der Waals surface area contributed by atoms with Gasteiger partial charge in [0.25, 0.3) is 5.91 Å². The Kier molecular flexibility index (Phi) is 2.42. The van der Waals surface area contributed by atoms with Gasteiger partial charge in [-0.05, 0) is 37.0 Å². The zero-order chi connectivity index (χ0) is 11.8. The molecule has 3 rings (SSSR count). The van der Waals surface area contributed by atoms with Crippen LogP contribution in [0.25, 0.3) is 0 Å². The van der Waals surface area contributed by atoms with E-state index in [0.717, 1.165) is 6.54 Å². The Morgan fingerprint density at radius 1 is 1.35 bits per heavy atom. The number of rotatable bonds is 3.